The second kappa shape index (κ2) is 10.1. The number of hydrogen-bond donors (Lipinski definition) is 3. The molecule has 200 valence electrons. The number of alkyl halides is 3. The zero-order valence-corrected chi connectivity index (χ0v) is 22.1. The van der Waals surface area contributed by atoms with E-state index in [1.54, 1.807) is 33.0 Å². The summed E-state index contributed by atoms with van der Waals surface area (Å²) in [6.07, 6.45) is -3.18. The number of aryl methyl sites for hydroxylation is 2. The van der Waals surface area contributed by atoms with E-state index in [-0.39, 0.29) is 11.1 Å². The number of fused-ring (bicyclic) bond motifs is 2. The van der Waals surface area contributed by atoms with Crippen molar-refractivity contribution in [3.63, 3.8) is 0 Å². The van der Waals surface area contributed by atoms with Gasteiger partial charge in [0.05, 0.1) is 11.2 Å². The van der Waals surface area contributed by atoms with E-state index in [4.69, 9.17) is 0 Å². The van der Waals surface area contributed by atoms with E-state index >= 15 is 0 Å². The number of halogens is 3. The Morgan fingerprint density at radius 3 is 2.49 bits per heavy atom. The third-order valence-electron chi connectivity index (χ3n) is 6.41. The summed E-state index contributed by atoms with van der Waals surface area (Å²) >= 11 is 1.51. The van der Waals surface area contributed by atoms with Gasteiger partial charge in [-0.05, 0) is 48.7 Å². The van der Waals surface area contributed by atoms with Crippen LogP contribution in [-0.4, -0.2) is 28.8 Å². The highest BCUT2D eigenvalue weighted by Crippen LogP contribution is 2.32. The van der Waals surface area contributed by atoms with E-state index in [0.29, 0.717) is 38.3 Å². The van der Waals surface area contributed by atoms with Crippen LogP contribution in [0.15, 0.2) is 64.9 Å². The molecule has 3 aromatic heterocycles. The molecule has 5 rings (SSSR count). The number of nitrogens with zero attached hydrogens (tertiary/aromatic N) is 2. The Hall–Kier alpha value is -4.38. The molecular weight excluding hydrogens is 527 g/mol. The molecular formula is C28H24F3N5O2S. The molecule has 5 aromatic rings. The van der Waals surface area contributed by atoms with Crippen molar-refractivity contribution in [3.05, 3.63) is 81.6 Å². The molecule has 3 N–H and O–H groups in total. The van der Waals surface area contributed by atoms with Crippen molar-refractivity contribution >= 4 is 55.5 Å². The summed E-state index contributed by atoms with van der Waals surface area (Å²) in [5, 5.41) is 11.6. The zero-order chi connectivity index (χ0) is 27.9. The molecule has 0 atom stereocenters. The van der Waals surface area contributed by atoms with E-state index in [9.17, 15) is 22.8 Å². The summed E-state index contributed by atoms with van der Waals surface area (Å²) in [6.45, 7) is 2.12. The molecule has 11 heteroatoms. The molecule has 0 spiro atoms. The lowest BCUT2D eigenvalue weighted by molar-refractivity contribution is -0.140. The van der Waals surface area contributed by atoms with Crippen LogP contribution >= 0.6 is 11.3 Å². The molecule has 7 nitrogen and oxygen atoms in total. The fraction of sp³-hybridized carbons (Fsp3) is 0.179. The van der Waals surface area contributed by atoms with Crippen LogP contribution in [0, 0.1) is 13.8 Å². The van der Waals surface area contributed by atoms with E-state index < -0.39 is 24.3 Å². The number of urea groups is 1. The maximum atomic E-state index is 13.5. The number of anilines is 3. The van der Waals surface area contributed by atoms with E-state index in [0.717, 1.165) is 15.6 Å². The Bertz CT molecular complexity index is 1790. The molecule has 0 unspecified atom stereocenters. The predicted octanol–water partition coefficient (Wildman–Crippen LogP) is 7.14. The molecule has 0 radical (unpaired) electrons. The minimum atomic E-state index is -4.61. The summed E-state index contributed by atoms with van der Waals surface area (Å²) in [5.41, 5.74) is 2.32. The van der Waals surface area contributed by atoms with Gasteiger partial charge in [0.1, 0.15) is 12.4 Å². The van der Waals surface area contributed by atoms with Crippen LogP contribution in [0.2, 0.25) is 0 Å². The lowest BCUT2D eigenvalue weighted by Gasteiger charge is -2.18. The number of thiophene rings is 1. The SMILES string of the molecule is CNc1cc2c(cn1)cc(-c1cc(NC(=O)Nc3csc4ccccc34)c(C)cc1C)c(=O)n2CC(F)(F)F. The quantitative estimate of drug-likeness (QED) is 0.217. The second-order valence-corrected chi connectivity index (χ2v) is 10.1. The van der Waals surface area contributed by atoms with Crippen molar-refractivity contribution in [2.24, 2.45) is 0 Å². The molecule has 0 aliphatic heterocycles. The Balaban J connectivity index is 1.56. The molecule has 0 saturated heterocycles. The van der Waals surface area contributed by atoms with Crippen molar-refractivity contribution < 1.29 is 18.0 Å². The molecule has 0 aliphatic carbocycles. The van der Waals surface area contributed by atoms with Crippen LogP contribution in [0.5, 0.6) is 0 Å². The van der Waals surface area contributed by atoms with Crippen molar-refractivity contribution in [1.82, 2.24) is 9.55 Å². The van der Waals surface area contributed by atoms with E-state index in [2.05, 4.69) is 20.9 Å². The molecule has 2 amide bonds. The number of carbonyl (C=O) groups excluding carboxylic acids is 1. The molecule has 0 fully saturated rings. The van der Waals surface area contributed by atoms with Crippen molar-refractivity contribution in [1.29, 1.82) is 0 Å². The number of hydrogen-bond acceptors (Lipinski definition) is 5. The van der Waals surface area contributed by atoms with Gasteiger partial charge < -0.3 is 16.0 Å². The highest BCUT2D eigenvalue weighted by Gasteiger charge is 2.30. The van der Waals surface area contributed by atoms with Crippen molar-refractivity contribution in [2.75, 3.05) is 23.0 Å². The third-order valence-corrected chi connectivity index (χ3v) is 7.37. The lowest BCUT2D eigenvalue weighted by atomic mass is 9.97. The topological polar surface area (TPSA) is 88.1 Å². The fourth-order valence-electron chi connectivity index (χ4n) is 4.57. The van der Waals surface area contributed by atoms with E-state index in [1.165, 1.54) is 29.7 Å². The van der Waals surface area contributed by atoms with Gasteiger partial charge in [-0.3, -0.25) is 9.36 Å². The zero-order valence-electron chi connectivity index (χ0n) is 21.2. The Morgan fingerprint density at radius 2 is 1.74 bits per heavy atom. The Labute approximate surface area is 225 Å². The minimum absolute atomic E-state index is 0.0792. The number of nitrogens with one attached hydrogen (secondary N) is 3. The number of carbonyl (C=O) groups is 1. The van der Waals surface area contributed by atoms with Gasteiger partial charge in [-0.15, -0.1) is 11.3 Å². The molecule has 39 heavy (non-hydrogen) atoms. The fourth-order valence-corrected chi connectivity index (χ4v) is 5.46. The van der Waals surface area contributed by atoms with Gasteiger partial charge >= 0.3 is 12.2 Å². The lowest BCUT2D eigenvalue weighted by Crippen LogP contribution is -2.29. The van der Waals surface area contributed by atoms with Crippen molar-refractivity contribution in [2.45, 2.75) is 26.6 Å². The molecule has 2 aromatic carbocycles. The van der Waals surface area contributed by atoms with Crippen LogP contribution in [0.4, 0.5) is 35.2 Å². The van der Waals surface area contributed by atoms with Crippen LogP contribution < -0.4 is 21.5 Å². The molecule has 0 aliphatic rings. The maximum Gasteiger partial charge on any atom is 0.406 e. The summed E-state index contributed by atoms with van der Waals surface area (Å²) in [7, 11) is 1.59. The average Bonchev–Trinajstić information content (AvgIpc) is 3.29. The summed E-state index contributed by atoms with van der Waals surface area (Å²) < 4.78 is 42.3. The van der Waals surface area contributed by atoms with Gasteiger partial charge in [0, 0.05) is 51.4 Å². The van der Waals surface area contributed by atoms with Gasteiger partial charge in [0.2, 0.25) is 0 Å². The molecule has 0 saturated carbocycles. The number of rotatable bonds is 5. The first-order chi connectivity index (χ1) is 18.5. The smallest absolute Gasteiger partial charge is 0.373 e. The van der Waals surface area contributed by atoms with Crippen LogP contribution in [-0.2, 0) is 6.54 Å². The number of pyridine rings is 2. The standard InChI is InChI=1S/C28H24F3N5O2S/c1-15-8-16(2)21(34-27(38)35-22-13-39-24-7-5-4-6-18(22)24)10-19(15)20-9-17-12-33-25(32-3)11-23(17)36(26(20)37)14-28(29,30)31/h4-13H,14H2,1-3H3,(H,32,33)(H2,34,35,38). The number of benzene rings is 2. The van der Waals surface area contributed by atoms with Crippen molar-refractivity contribution in [3.8, 4) is 11.1 Å². The minimum Gasteiger partial charge on any atom is -0.373 e. The summed E-state index contributed by atoms with van der Waals surface area (Å²) in [5.74, 6) is 0.341. The number of amides is 2. The van der Waals surface area contributed by atoms with Crippen LogP contribution in [0.1, 0.15) is 11.1 Å². The highest BCUT2D eigenvalue weighted by atomic mass is 32.1. The summed E-state index contributed by atoms with van der Waals surface area (Å²) in [4.78, 5) is 30.6. The van der Waals surface area contributed by atoms with Gasteiger partial charge in [-0.2, -0.15) is 13.2 Å². The third kappa shape index (κ3) is 5.30. The number of aromatic nitrogens is 2. The van der Waals surface area contributed by atoms with Gasteiger partial charge in [-0.25, -0.2) is 9.78 Å². The second-order valence-electron chi connectivity index (χ2n) is 9.15. The van der Waals surface area contributed by atoms with Crippen LogP contribution in [0.25, 0.3) is 32.1 Å². The first-order valence-electron chi connectivity index (χ1n) is 12.0. The normalized spacial score (nSPS) is 11.6. The Kier molecular flexibility index (Phi) is 6.77. The van der Waals surface area contributed by atoms with Gasteiger partial charge in [0.25, 0.3) is 5.56 Å². The van der Waals surface area contributed by atoms with Gasteiger partial charge in [0.15, 0.2) is 0 Å². The largest absolute Gasteiger partial charge is 0.406 e. The monoisotopic (exact) mass is 551 g/mol. The van der Waals surface area contributed by atoms with E-state index in [1.807, 2.05) is 29.6 Å². The molecule has 3 heterocycles. The highest BCUT2D eigenvalue weighted by molar-refractivity contribution is 7.17. The van der Waals surface area contributed by atoms with Gasteiger partial charge in [-0.1, -0.05) is 24.3 Å². The first-order valence-corrected chi connectivity index (χ1v) is 12.9. The maximum absolute atomic E-state index is 13.5. The first kappa shape index (κ1) is 26.2. The Morgan fingerprint density at radius 1 is 1.00 bits per heavy atom. The summed E-state index contributed by atoms with van der Waals surface area (Å²) in [6, 6.07) is 13.6. The van der Waals surface area contributed by atoms with Crippen LogP contribution in [0.3, 0.4) is 0 Å². The average molecular weight is 552 g/mol. The molecule has 0 bridgehead atoms. The predicted molar refractivity (Wildman–Crippen MR) is 151 cm³/mol.